The molecule has 2 aromatic carbocycles. The second-order valence-electron chi connectivity index (χ2n) is 5.67. The summed E-state index contributed by atoms with van der Waals surface area (Å²) in [4.78, 5) is 19.7. The Morgan fingerprint density at radius 3 is 2.88 bits per heavy atom. The summed E-state index contributed by atoms with van der Waals surface area (Å²) in [7, 11) is 1.59. The SMILES string of the molecule is COc1ccccc1CNC(=O)c1nc(-c2c[nH]c3ccccc23)no1. The molecule has 0 aliphatic heterocycles. The van der Waals surface area contributed by atoms with E-state index in [9.17, 15) is 4.79 Å². The Bertz CT molecular complexity index is 1070. The van der Waals surface area contributed by atoms with E-state index in [1.165, 1.54) is 0 Å². The quantitative estimate of drug-likeness (QED) is 0.578. The van der Waals surface area contributed by atoms with Crippen LogP contribution in [0.15, 0.2) is 59.3 Å². The molecule has 0 spiro atoms. The van der Waals surface area contributed by atoms with E-state index in [-0.39, 0.29) is 5.89 Å². The van der Waals surface area contributed by atoms with Gasteiger partial charge < -0.3 is 19.6 Å². The molecule has 130 valence electrons. The van der Waals surface area contributed by atoms with Crippen molar-refractivity contribution in [3.8, 4) is 17.1 Å². The van der Waals surface area contributed by atoms with Crippen molar-refractivity contribution in [2.45, 2.75) is 6.54 Å². The molecular formula is C19H16N4O3. The van der Waals surface area contributed by atoms with E-state index in [4.69, 9.17) is 9.26 Å². The molecule has 0 saturated heterocycles. The van der Waals surface area contributed by atoms with Gasteiger partial charge in [-0.05, 0) is 12.1 Å². The van der Waals surface area contributed by atoms with E-state index in [0.29, 0.717) is 18.1 Å². The Hall–Kier alpha value is -3.61. The van der Waals surface area contributed by atoms with Crippen LogP contribution in [0.25, 0.3) is 22.3 Å². The van der Waals surface area contributed by atoms with Crippen LogP contribution in [0.2, 0.25) is 0 Å². The minimum Gasteiger partial charge on any atom is -0.496 e. The number of hydrogen-bond donors (Lipinski definition) is 2. The second kappa shape index (κ2) is 6.72. The number of nitrogens with one attached hydrogen (secondary N) is 2. The number of benzene rings is 2. The first-order valence-electron chi connectivity index (χ1n) is 8.06. The van der Waals surface area contributed by atoms with Crippen LogP contribution in [0.3, 0.4) is 0 Å². The highest BCUT2D eigenvalue weighted by atomic mass is 16.5. The number of fused-ring (bicyclic) bond motifs is 1. The van der Waals surface area contributed by atoms with Crippen LogP contribution in [0.5, 0.6) is 5.75 Å². The Kier molecular flexibility index (Phi) is 4.10. The average Bonchev–Trinajstić information content (AvgIpc) is 3.33. The van der Waals surface area contributed by atoms with Crippen molar-refractivity contribution < 1.29 is 14.1 Å². The van der Waals surface area contributed by atoms with Crippen molar-refractivity contribution in [3.05, 3.63) is 66.2 Å². The molecule has 0 aliphatic carbocycles. The first-order chi connectivity index (χ1) is 12.8. The number of methoxy groups -OCH3 is 1. The molecule has 7 heteroatoms. The number of aromatic nitrogens is 3. The fourth-order valence-electron chi connectivity index (χ4n) is 2.78. The Balaban J connectivity index is 1.52. The predicted octanol–water partition coefficient (Wildman–Crippen LogP) is 3.16. The summed E-state index contributed by atoms with van der Waals surface area (Å²) in [6.07, 6.45) is 1.80. The van der Waals surface area contributed by atoms with Crippen molar-refractivity contribution in [2.24, 2.45) is 0 Å². The van der Waals surface area contributed by atoms with Gasteiger partial charge >= 0.3 is 11.8 Å². The molecule has 2 N–H and O–H groups in total. The van der Waals surface area contributed by atoms with Crippen molar-refractivity contribution in [1.82, 2.24) is 20.4 Å². The van der Waals surface area contributed by atoms with Crippen molar-refractivity contribution in [2.75, 3.05) is 7.11 Å². The van der Waals surface area contributed by atoms with Crippen LogP contribution in [0.4, 0.5) is 0 Å². The summed E-state index contributed by atoms with van der Waals surface area (Å²) < 4.78 is 10.4. The number of aromatic amines is 1. The molecule has 4 rings (SSSR count). The molecule has 0 unspecified atom stereocenters. The molecule has 4 aromatic rings. The van der Waals surface area contributed by atoms with Gasteiger partial charge in [0.1, 0.15) is 5.75 Å². The normalized spacial score (nSPS) is 10.8. The topological polar surface area (TPSA) is 93.0 Å². The standard InChI is InChI=1S/C19H16N4O3/c1-25-16-9-5-2-6-12(16)10-21-18(24)19-22-17(23-26-19)14-11-20-15-8-4-3-7-13(14)15/h2-9,11,20H,10H2,1H3,(H,21,24). The third kappa shape index (κ3) is 2.90. The lowest BCUT2D eigenvalue weighted by atomic mass is 10.2. The van der Waals surface area contributed by atoms with E-state index >= 15 is 0 Å². The third-order valence-corrected chi connectivity index (χ3v) is 4.08. The predicted molar refractivity (Wildman–Crippen MR) is 95.8 cm³/mol. The zero-order valence-electron chi connectivity index (χ0n) is 14.0. The lowest BCUT2D eigenvalue weighted by Gasteiger charge is -2.07. The number of amides is 1. The summed E-state index contributed by atoms with van der Waals surface area (Å²) in [5, 5.41) is 7.66. The van der Waals surface area contributed by atoms with Gasteiger partial charge in [-0.3, -0.25) is 4.79 Å². The lowest BCUT2D eigenvalue weighted by molar-refractivity contribution is 0.0906. The van der Waals surface area contributed by atoms with Gasteiger partial charge in [-0.1, -0.05) is 41.6 Å². The molecule has 1 amide bonds. The summed E-state index contributed by atoms with van der Waals surface area (Å²) in [5.41, 5.74) is 2.61. The molecule has 7 nitrogen and oxygen atoms in total. The summed E-state index contributed by atoms with van der Waals surface area (Å²) in [6.45, 7) is 0.299. The van der Waals surface area contributed by atoms with Gasteiger partial charge in [0.05, 0.1) is 7.11 Å². The zero-order chi connectivity index (χ0) is 17.9. The maximum absolute atomic E-state index is 12.3. The highest BCUT2D eigenvalue weighted by Crippen LogP contribution is 2.26. The first-order valence-corrected chi connectivity index (χ1v) is 8.06. The third-order valence-electron chi connectivity index (χ3n) is 4.08. The van der Waals surface area contributed by atoms with Gasteiger partial charge in [-0.2, -0.15) is 4.98 Å². The van der Waals surface area contributed by atoms with Gasteiger partial charge in [-0.15, -0.1) is 0 Å². The average molecular weight is 348 g/mol. The minimum absolute atomic E-state index is 0.0832. The highest BCUT2D eigenvalue weighted by Gasteiger charge is 2.18. The van der Waals surface area contributed by atoms with E-state index in [0.717, 1.165) is 22.0 Å². The van der Waals surface area contributed by atoms with Gasteiger partial charge in [0.25, 0.3) is 0 Å². The minimum atomic E-state index is -0.436. The van der Waals surface area contributed by atoms with Crippen LogP contribution in [0.1, 0.15) is 16.2 Å². The van der Waals surface area contributed by atoms with Crippen molar-refractivity contribution >= 4 is 16.8 Å². The molecule has 0 bridgehead atoms. The van der Waals surface area contributed by atoms with Crippen molar-refractivity contribution in [3.63, 3.8) is 0 Å². The maximum Gasteiger partial charge on any atom is 0.316 e. The number of carbonyl (C=O) groups is 1. The van der Waals surface area contributed by atoms with Gasteiger partial charge in [0.15, 0.2) is 0 Å². The summed E-state index contributed by atoms with van der Waals surface area (Å²) in [5.74, 6) is 0.553. The molecule has 0 atom stereocenters. The smallest absolute Gasteiger partial charge is 0.316 e. The molecule has 26 heavy (non-hydrogen) atoms. The zero-order valence-corrected chi connectivity index (χ0v) is 14.0. The lowest BCUT2D eigenvalue weighted by Crippen LogP contribution is -2.23. The number of ether oxygens (including phenoxy) is 1. The van der Waals surface area contributed by atoms with E-state index in [1.807, 2.05) is 48.5 Å². The molecular weight excluding hydrogens is 332 g/mol. The Morgan fingerprint density at radius 2 is 2.00 bits per heavy atom. The number of para-hydroxylation sites is 2. The fraction of sp³-hybridized carbons (Fsp3) is 0.105. The van der Waals surface area contributed by atoms with Crippen LogP contribution in [-0.4, -0.2) is 28.1 Å². The number of rotatable bonds is 5. The van der Waals surface area contributed by atoms with Gasteiger partial charge in [0, 0.05) is 34.8 Å². The molecule has 0 saturated carbocycles. The van der Waals surface area contributed by atoms with Gasteiger partial charge in [0.2, 0.25) is 5.82 Å². The Morgan fingerprint density at radius 1 is 1.19 bits per heavy atom. The molecule has 0 radical (unpaired) electrons. The van der Waals surface area contributed by atoms with Crippen molar-refractivity contribution in [1.29, 1.82) is 0 Å². The number of hydrogen-bond acceptors (Lipinski definition) is 5. The monoisotopic (exact) mass is 348 g/mol. The first kappa shape index (κ1) is 15.9. The fourth-order valence-corrected chi connectivity index (χ4v) is 2.78. The Labute approximate surface area is 149 Å². The maximum atomic E-state index is 12.3. The number of nitrogens with zero attached hydrogens (tertiary/aromatic N) is 2. The van der Waals surface area contributed by atoms with E-state index in [1.54, 1.807) is 13.3 Å². The second-order valence-corrected chi connectivity index (χ2v) is 5.67. The molecule has 2 heterocycles. The van der Waals surface area contributed by atoms with Crippen LogP contribution in [-0.2, 0) is 6.54 Å². The summed E-state index contributed by atoms with van der Waals surface area (Å²) >= 11 is 0. The number of carbonyl (C=O) groups excluding carboxylic acids is 1. The number of H-pyrrole nitrogens is 1. The van der Waals surface area contributed by atoms with E-state index in [2.05, 4.69) is 20.4 Å². The highest BCUT2D eigenvalue weighted by molar-refractivity contribution is 5.94. The van der Waals surface area contributed by atoms with E-state index < -0.39 is 5.91 Å². The van der Waals surface area contributed by atoms with Crippen LogP contribution < -0.4 is 10.1 Å². The van der Waals surface area contributed by atoms with Gasteiger partial charge in [-0.25, -0.2) is 0 Å². The summed E-state index contributed by atoms with van der Waals surface area (Å²) in [6, 6.07) is 15.3. The molecule has 0 aliphatic rings. The van der Waals surface area contributed by atoms with Crippen LogP contribution >= 0.6 is 0 Å². The molecule has 2 aromatic heterocycles. The molecule has 0 fully saturated rings. The largest absolute Gasteiger partial charge is 0.496 e. The van der Waals surface area contributed by atoms with Crippen LogP contribution in [0, 0.1) is 0 Å².